The van der Waals surface area contributed by atoms with Gasteiger partial charge in [-0.2, -0.15) is 0 Å². The summed E-state index contributed by atoms with van der Waals surface area (Å²) in [6.07, 6.45) is -4.66. The predicted molar refractivity (Wildman–Crippen MR) is 90.1 cm³/mol. The summed E-state index contributed by atoms with van der Waals surface area (Å²) in [4.78, 5) is 22.8. The SMILES string of the molecule is NC(Cc1ccc(CNC(=O)c2cccc(OC(F)(F)F)c2)cc1)C(=O)O. The van der Waals surface area contributed by atoms with Gasteiger partial charge >= 0.3 is 12.3 Å². The number of amides is 1. The van der Waals surface area contributed by atoms with Crippen LogP contribution >= 0.6 is 0 Å². The number of hydrogen-bond donors (Lipinski definition) is 3. The second-order valence-electron chi connectivity index (χ2n) is 5.72. The van der Waals surface area contributed by atoms with E-state index in [4.69, 9.17) is 10.8 Å². The Morgan fingerprint density at radius 3 is 2.33 bits per heavy atom. The third-order valence-corrected chi connectivity index (χ3v) is 3.58. The molecule has 9 heteroatoms. The van der Waals surface area contributed by atoms with Crippen molar-refractivity contribution >= 4 is 11.9 Å². The molecule has 4 N–H and O–H groups in total. The van der Waals surface area contributed by atoms with E-state index in [0.29, 0.717) is 0 Å². The summed E-state index contributed by atoms with van der Waals surface area (Å²) < 4.78 is 40.5. The van der Waals surface area contributed by atoms with Crippen LogP contribution in [0.15, 0.2) is 48.5 Å². The molecule has 0 fully saturated rings. The number of hydrogen-bond acceptors (Lipinski definition) is 4. The summed E-state index contributed by atoms with van der Waals surface area (Å²) in [6.45, 7) is 0.147. The summed E-state index contributed by atoms with van der Waals surface area (Å²) in [6, 6.07) is 10.6. The fourth-order valence-electron chi connectivity index (χ4n) is 2.25. The quantitative estimate of drug-likeness (QED) is 0.683. The molecule has 2 aromatic rings. The number of carboxylic acids is 1. The Labute approximate surface area is 152 Å². The van der Waals surface area contributed by atoms with Gasteiger partial charge in [0.2, 0.25) is 0 Å². The number of aliphatic carboxylic acids is 1. The molecule has 6 nitrogen and oxygen atoms in total. The number of carbonyl (C=O) groups excluding carboxylic acids is 1. The molecule has 0 aliphatic rings. The van der Waals surface area contributed by atoms with Crippen LogP contribution in [0.25, 0.3) is 0 Å². The van der Waals surface area contributed by atoms with Crippen LogP contribution in [0.2, 0.25) is 0 Å². The number of carboxylic acid groups (broad SMARTS) is 1. The molecule has 0 saturated carbocycles. The Kier molecular flexibility index (Phi) is 6.40. The van der Waals surface area contributed by atoms with Gasteiger partial charge in [-0.1, -0.05) is 30.3 Å². The molecule has 0 radical (unpaired) electrons. The van der Waals surface area contributed by atoms with Gasteiger partial charge in [0.15, 0.2) is 0 Å². The number of alkyl halides is 3. The van der Waals surface area contributed by atoms with E-state index >= 15 is 0 Å². The summed E-state index contributed by atoms with van der Waals surface area (Å²) in [5, 5.41) is 11.4. The molecule has 0 aromatic heterocycles. The van der Waals surface area contributed by atoms with E-state index < -0.39 is 30.0 Å². The van der Waals surface area contributed by atoms with Gasteiger partial charge < -0.3 is 20.9 Å². The summed E-state index contributed by atoms with van der Waals surface area (Å²) >= 11 is 0. The minimum absolute atomic E-state index is 0.0285. The molecular weight excluding hydrogens is 365 g/mol. The first-order chi connectivity index (χ1) is 12.6. The van der Waals surface area contributed by atoms with Crippen LogP contribution in [-0.2, 0) is 17.8 Å². The molecule has 0 aliphatic carbocycles. The maximum absolute atomic E-state index is 12.2. The van der Waals surface area contributed by atoms with Crippen LogP contribution in [0.4, 0.5) is 13.2 Å². The van der Waals surface area contributed by atoms with E-state index in [2.05, 4.69) is 10.1 Å². The standard InChI is InChI=1S/C18H17F3N2O4/c19-18(20,21)27-14-3-1-2-13(9-14)16(24)23-10-12-6-4-11(5-7-12)8-15(22)17(25)26/h1-7,9,15H,8,10,22H2,(H,23,24)(H,25,26). The van der Waals surface area contributed by atoms with Crippen molar-refractivity contribution < 1.29 is 32.6 Å². The van der Waals surface area contributed by atoms with E-state index in [1.807, 2.05) is 0 Å². The van der Waals surface area contributed by atoms with Crippen molar-refractivity contribution in [1.29, 1.82) is 0 Å². The van der Waals surface area contributed by atoms with Gasteiger partial charge in [0.1, 0.15) is 11.8 Å². The zero-order chi connectivity index (χ0) is 20.0. The number of nitrogens with one attached hydrogen (secondary N) is 1. The molecule has 0 saturated heterocycles. The zero-order valence-electron chi connectivity index (χ0n) is 14.0. The van der Waals surface area contributed by atoms with Crippen molar-refractivity contribution in [2.75, 3.05) is 0 Å². The Bertz CT molecular complexity index is 807. The van der Waals surface area contributed by atoms with Crippen molar-refractivity contribution in [2.24, 2.45) is 5.73 Å². The second kappa shape index (κ2) is 8.54. The molecular formula is C18H17F3N2O4. The maximum atomic E-state index is 12.2. The lowest BCUT2D eigenvalue weighted by atomic mass is 10.0. The van der Waals surface area contributed by atoms with E-state index in [0.717, 1.165) is 23.3 Å². The Morgan fingerprint density at radius 2 is 1.74 bits per heavy atom. The van der Waals surface area contributed by atoms with Crippen LogP contribution in [0.3, 0.4) is 0 Å². The van der Waals surface area contributed by atoms with E-state index in [1.165, 1.54) is 12.1 Å². The average Bonchev–Trinajstić information content (AvgIpc) is 2.59. The lowest BCUT2D eigenvalue weighted by Crippen LogP contribution is -2.32. The molecule has 1 unspecified atom stereocenters. The van der Waals surface area contributed by atoms with Gasteiger partial charge in [-0.25, -0.2) is 0 Å². The summed E-state index contributed by atoms with van der Waals surface area (Å²) in [5.74, 6) is -2.13. The largest absolute Gasteiger partial charge is 0.573 e. The Morgan fingerprint density at radius 1 is 1.11 bits per heavy atom. The molecule has 27 heavy (non-hydrogen) atoms. The number of nitrogens with two attached hydrogens (primary N) is 1. The predicted octanol–water partition coefficient (Wildman–Crippen LogP) is 2.47. The molecule has 1 amide bonds. The van der Waals surface area contributed by atoms with E-state index in [9.17, 15) is 22.8 Å². The Balaban J connectivity index is 1.93. The summed E-state index contributed by atoms with van der Waals surface area (Å²) in [5.41, 5.74) is 6.96. The number of halogens is 3. The number of benzene rings is 2. The lowest BCUT2D eigenvalue weighted by molar-refractivity contribution is -0.274. The van der Waals surface area contributed by atoms with E-state index in [1.54, 1.807) is 24.3 Å². The van der Waals surface area contributed by atoms with Crippen molar-refractivity contribution in [1.82, 2.24) is 5.32 Å². The first kappa shape index (κ1) is 20.2. The average molecular weight is 382 g/mol. The van der Waals surface area contributed by atoms with Crippen molar-refractivity contribution in [3.63, 3.8) is 0 Å². The Hall–Kier alpha value is -3.07. The maximum Gasteiger partial charge on any atom is 0.573 e. The first-order valence-corrected chi connectivity index (χ1v) is 7.84. The highest BCUT2D eigenvalue weighted by Gasteiger charge is 2.31. The third-order valence-electron chi connectivity index (χ3n) is 3.58. The minimum atomic E-state index is -4.83. The fourth-order valence-corrected chi connectivity index (χ4v) is 2.25. The third kappa shape index (κ3) is 6.63. The van der Waals surface area contributed by atoms with Crippen LogP contribution in [0, 0.1) is 0 Å². The molecule has 0 spiro atoms. The van der Waals surface area contributed by atoms with Gasteiger partial charge in [0.25, 0.3) is 5.91 Å². The highest BCUT2D eigenvalue weighted by Crippen LogP contribution is 2.23. The van der Waals surface area contributed by atoms with Crippen molar-refractivity contribution in [2.45, 2.75) is 25.4 Å². The number of rotatable bonds is 7. The zero-order valence-corrected chi connectivity index (χ0v) is 14.0. The summed E-state index contributed by atoms with van der Waals surface area (Å²) in [7, 11) is 0. The minimum Gasteiger partial charge on any atom is -0.480 e. The molecule has 0 bridgehead atoms. The van der Waals surface area contributed by atoms with Crippen molar-refractivity contribution in [3.8, 4) is 5.75 Å². The normalized spacial score (nSPS) is 12.3. The van der Waals surface area contributed by atoms with Crippen LogP contribution < -0.4 is 15.8 Å². The molecule has 2 aromatic carbocycles. The van der Waals surface area contributed by atoms with Crippen molar-refractivity contribution in [3.05, 3.63) is 65.2 Å². The van der Waals surface area contributed by atoms with Gasteiger partial charge in [-0.05, 0) is 35.7 Å². The van der Waals surface area contributed by atoms with Crippen LogP contribution in [0.5, 0.6) is 5.75 Å². The smallest absolute Gasteiger partial charge is 0.480 e. The monoisotopic (exact) mass is 382 g/mol. The van der Waals surface area contributed by atoms with Gasteiger partial charge in [0, 0.05) is 12.1 Å². The highest BCUT2D eigenvalue weighted by atomic mass is 19.4. The van der Waals surface area contributed by atoms with Gasteiger partial charge in [-0.3, -0.25) is 9.59 Å². The lowest BCUT2D eigenvalue weighted by Gasteiger charge is -2.11. The molecule has 0 heterocycles. The topological polar surface area (TPSA) is 102 Å². The van der Waals surface area contributed by atoms with E-state index in [-0.39, 0.29) is 18.5 Å². The van der Waals surface area contributed by atoms with Crippen LogP contribution in [-0.4, -0.2) is 29.4 Å². The molecule has 2 rings (SSSR count). The number of ether oxygens (including phenoxy) is 1. The first-order valence-electron chi connectivity index (χ1n) is 7.84. The molecule has 0 aliphatic heterocycles. The molecule has 1 atom stereocenters. The second-order valence-corrected chi connectivity index (χ2v) is 5.72. The van der Waals surface area contributed by atoms with Crippen LogP contribution in [0.1, 0.15) is 21.5 Å². The molecule has 144 valence electrons. The number of carbonyl (C=O) groups is 2. The highest BCUT2D eigenvalue weighted by molar-refractivity contribution is 5.94. The van der Waals surface area contributed by atoms with Gasteiger partial charge in [-0.15, -0.1) is 13.2 Å². The fraction of sp³-hybridized carbons (Fsp3) is 0.222. The van der Waals surface area contributed by atoms with Gasteiger partial charge in [0.05, 0.1) is 0 Å².